The summed E-state index contributed by atoms with van der Waals surface area (Å²) < 4.78 is 5.12. The van der Waals surface area contributed by atoms with Crippen molar-refractivity contribution in [3.8, 4) is 5.75 Å². The molecule has 0 bridgehead atoms. The van der Waals surface area contributed by atoms with Gasteiger partial charge in [-0.25, -0.2) is 0 Å². The molecule has 3 rings (SSSR count). The Kier molecular flexibility index (Phi) is 6.35. The van der Waals surface area contributed by atoms with Crippen LogP contribution in [0, 0.1) is 5.92 Å². The first-order chi connectivity index (χ1) is 13.0. The van der Waals surface area contributed by atoms with E-state index in [1.807, 2.05) is 41.3 Å². The SMILES string of the molecule is COc1ccc(NC(=O)C2CCN(C(=O)Cc3ccc(Cl)cc3)CC2)cc1. The lowest BCUT2D eigenvalue weighted by Crippen LogP contribution is -2.42. The van der Waals surface area contributed by atoms with Gasteiger partial charge in [-0.3, -0.25) is 9.59 Å². The molecule has 1 heterocycles. The van der Waals surface area contributed by atoms with E-state index in [9.17, 15) is 9.59 Å². The van der Waals surface area contributed by atoms with Crippen LogP contribution in [0.4, 0.5) is 5.69 Å². The summed E-state index contributed by atoms with van der Waals surface area (Å²) >= 11 is 5.88. The van der Waals surface area contributed by atoms with Crippen molar-refractivity contribution in [3.05, 3.63) is 59.1 Å². The number of piperidine rings is 1. The minimum absolute atomic E-state index is 0.00460. The van der Waals surface area contributed by atoms with Crippen LogP contribution in [0.5, 0.6) is 5.75 Å². The number of ether oxygens (including phenoxy) is 1. The second-order valence-corrected chi connectivity index (χ2v) is 7.11. The van der Waals surface area contributed by atoms with E-state index < -0.39 is 0 Å². The van der Waals surface area contributed by atoms with Gasteiger partial charge in [-0.05, 0) is 54.8 Å². The third-order valence-electron chi connectivity index (χ3n) is 4.84. The van der Waals surface area contributed by atoms with Crippen molar-refractivity contribution < 1.29 is 14.3 Å². The number of likely N-dealkylation sites (tertiary alicyclic amines) is 1. The van der Waals surface area contributed by atoms with E-state index in [0.29, 0.717) is 37.4 Å². The number of rotatable bonds is 5. The van der Waals surface area contributed by atoms with Gasteiger partial charge in [-0.2, -0.15) is 0 Å². The van der Waals surface area contributed by atoms with Crippen LogP contribution < -0.4 is 10.1 Å². The Morgan fingerprint density at radius 1 is 1.07 bits per heavy atom. The molecule has 0 saturated carbocycles. The van der Waals surface area contributed by atoms with Gasteiger partial charge in [-0.15, -0.1) is 0 Å². The number of hydrogen-bond acceptors (Lipinski definition) is 3. The summed E-state index contributed by atoms with van der Waals surface area (Å²) in [6.07, 6.45) is 1.71. The summed E-state index contributed by atoms with van der Waals surface area (Å²) in [7, 11) is 1.61. The number of carbonyl (C=O) groups excluding carboxylic acids is 2. The molecule has 1 N–H and O–H groups in total. The highest BCUT2D eigenvalue weighted by Gasteiger charge is 2.27. The maximum absolute atomic E-state index is 12.5. The Morgan fingerprint density at radius 3 is 2.30 bits per heavy atom. The number of halogens is 1. The summed E-state index contributed by atoms with van der Waals surface area (Å²) in [5, 5.41) is 3.60. The van der Waals surface area contributed by atoms with E-state index in [2.05, 4.69) is 5.32 Å². The molecule has 0 spiro atoms. The fourth-order valence-electron chi connectivity index (χ4n) is 3.20. The number of carbonyl (C=O) groups is 2. The van der Waals surface area contributed by atoms with Gasteiger partial charge >= 0.3 is 0 Å². The predicted molar refractivity (Wildman–Crippen MR) is 106 cm³/mol. The van der Waals surface area contributed by atoms with Gasteiger partial charge in [0.15, 0.2) is 0 Å². The molecule has 1 aliphatic rings. The van der Waals surface area contributed by atoms with Crippen LogP contribution in [0.2, 0.25) is 5.02 Å². The number of nitrogens with zero attached hydrogens (tertiary/aromatic N) is 1. The van der Waals surface area contributed by atoms with Gasteiger partial charge in [0.05, 0.1) is 13.5 Å². The standard InChI is InChI=1S/C21H23ClN2O3/c1-27-19-8-6-18(7-9-19)23-21(26)16-10-12-24(13-11-16)20(25)14-15-2-4-17(22)5-3-15/h2-9,16H,10-14H2,1H3,(H,23,26). The van der Waals surface area contributed by atoms with Crippen molar-refractivity contribution in [2.24, 2.45) is 5.92 Å². The summed E-state index contributed by atoms with van der Waals surface area (Å²) in [4.78, 5) is 26.8. The number of anilines is 1. The molecule has 1 saturated heterocycles. The van der Waals surface area contributed by atoms with Crippen molar-refractivity contribution in [2.75, 3.05) is 25.5 Å². The highest BCUT2D eigenvalue weighted by Crippen LogP contribution is 2.22. The Balaban J connectivity index is 1.47. The lowest BCUT2D eigenvalue weighted by Gasteiger charge is -2.31. The molecule has 0 unspecified atom stereocenters. The first-order valence-corrected chi connectivity index (χ1v) is 9.40. The zero-order chi connectivity index (χ0) is 19.2. The van der Waals surface area contributed by atoms with Crippen molar-refractivity contribution in [2.45, 2.75) is 19.3 Å². The summed E-state index contributed by atoms with van der Waals surface area (Å²) in [5.74, 6) is 0.767. The fourth-order valence-corrected chi connectivity index (χ4v) is 3.32. The summed E-state index contributed by atoms with van der Waals surface area (Å²) in [6.45, 7) is 1.21. The van der Waals surface area contributed by atoms with Crippen molar-refractivity contribution in [3.63, 3.8) is 0 Å². The van der Waals surface area contributed by atoms with Crippen molar-refractivity contribution in [1.82, 2.24) is 4.90 Å². The molecule has 2 amide bonds. The molecule has 142 valence electrons. The Morgan fingerprint density at radius 2 is 1.70 bits per heavy atom. The minimum atomic E-state index is -0.0771. The quantitative estimate of drug-likeness (QED) is 0.850. The molecule has 0 radical (unpaired) electrons. The molecule has 0 aromatic heterocycles. The smallest absolute Gasteiger partial charge is 0.227 e. The van der Waals surface area contributed by atoms with Crippen molar-refractivity contribution >= 4 is 29.1 Å². The molecule has 0 aliphatic carbocycles. The van der Waals surface area contributed by atoms with Gasteiger partial charge in [0.25, 0.3) is 0 Å². The molecule has 27 heavy (non-hydrogen) atoms. The van der Waals surface area contributed by atoms with Crippen LogP contribution >= 0.6 is 11.6 Å². The minimum Gasteiger partial charge on any atom is -0.497 e. The second-order valence-electron chi connectivity index (χ2n) is 6.68. The summed E-state index contributed by atoms with van der Waals surface area (Å²) in [6, 6.07) is 14.6. The number of nitrogens with one attached hydrogen (secondary N) is 1. The topological polar surface area (TPSA) is 58.6 Å². The van der Waals surface area contributed by atoms with Crippen LogP contribution in [-0.4, -0.2) is 36.9 Å². The first kappa shape index (κ1) is 19.2. The lowest BCUT2D eigenvalue weighted by molar-refractivity contribution is -0.133. The first-order valence-electron chi connectivity index (χ1n) is 9.02. The molecule has 1 fully saturated rings. The van der Waals surface area contributed by atoms with Crippen LogP contribution in [0.15, 0.2) is 48.5 Å². The van der Waals surface area contributed by atoms with Crippen molar-refractivity contribution in [1.29, 1.82) is 0 Å². The highest BCUT2D eigenvalue weighted by atomic mass is 35.5. The van der Waals surface area contributed by atoms with E-state index in [4.69, 9.17) is 16.3 Å². The monoisotopic (exact) mass is 386 g/mol. The van der Waals surface area contributed by atoms with E-state index in [0.717, 1.165) is 17.0 Å². The average molecular weight is 387 g/mol. The van der Waals surface area contributed by atoms with Gasteiger partial charge in [0.2, 0.25) is 11.8 Å². The summed E-state index contributed by atoms with van der Waals surface area (Å²) in [5.41, 5.74) is 1.70. The van der Waals surface area contributed by atoms with E-state index in [1.54, 1.807) is 19.2 Å². The Bertz CT molecular complexity index is 782. The third kappa shape index (κ3) is 5.23. The van der Waals surface area contributed by atoms with E-state index in [-0.39, 0.29) is 17.7 Å². The highest BCUT2D eigenvalue weighted by molar-refractivity contribution is 6.30. The molecule has 2 aromatic carbocycles. The van der Waals surface area contributed by atoms with Gasteiger partial charge in [-0.1, -0.05) is 23.7 Å². The largest absolute Gasteiger partial charge is 0.497 e. The predicted octanol–water partition coefficient (Wildman–Crippen LogP) is 3.77. The number of methoxy groups -OCH3 is 1. The fraction of sp³-hybridized carbons (Fsp3) is 0.333. The maximum Gasteiger partial charge on any atom is 0.227 e. The molecule has 6 heteroatoms. The van der Waals surface area contributed by atoms with Gasteiger partial charge in [0.1, 0.15) is 5.75 Å². The lowest BCUT2D eigenvalue weighted by atomic mass is 9.95. The molecule has 1 aliphatic heterocycles. The van der Waals surface area contributed by atoms with Crippen LogP contribution in [-0.2, 0) is 16.0 Å². The third-order valence-corrected chi connectivity index (χ3v) is 5.10. The van der Waals surface area contributed by atoms with E-state index >= 15 is 0 Å². The molecule has 0 atom stereocenters. The second kappa shape index (κ2) is 8.91. The molecule has 5 nitrogen and oxygen atoms in total. The van der Waals surface area contributed by atoms with Crippen LogP contribution in [0.3, 0.4) is 0 Å². The Hall–Kier alpha value is -2.53. The number of hydrogen-bond donors (Lipinski definition) is 1. The van der Waals surface area contributed by atoms with Crippen LogP contribution in [0.1, 0.15) is 18.4 Å². The zero-order valence-electron chi connectivity index (χ0n) is 15.3. The molecular weight excluding hydrogens is 364 g/mol. The van der Waals surface area contributed by atoms with Gasteiger partial charge < -0.3 is 15.0 Å². The van der Waals surface area contributed by atoms with Crippen LogP contribution in [0.25, 0.3) is 0 Å². The molecule has 2 aromatic rings. The molecular formula is C21H23ClN2O3. The maximum atomic E-state index is 12.5. The average Bonchev–Trinajstić information content (AvgIpc) is 2.70. The van der Waals surface area contributed by atoms with Gasteiger partial charge in [0, 0.05) is 29.7 Å². The number of amides is 2. The zero-order valence-corrected chi connectivity index (χ0v) is 16.0. The van der Waals surface area contributed by atoms with E-state index in [1.165, 1.54) is 0 Å². The number of benzene rings is 2. The normalized spacial score (nSPS) is 14.7. The Labute approximate surface area is 164 Å².